The molecule has 5 nitrogen and oxygen atoms in total. The van der Waals surface area contributed by atoms with Crippen LogP contribution in [0.5, 0.6) is 0 Å². The molecule has 0 amide bonds. The third kappa shape index (κ3) is 3.14. The summed E-state index contributed by atoms with van der Waals surface area (Å²) in [5.41, 5.74) is -0.764. The summed E-state index contributed by atoms with van der Waals surface area (Å²) in [5, 5.41) is 3.48. The number of aryl methyl sites for hydroxylation is 1. The highest BCUT2D eigenvalue weighted by Crippen LogP contribution is 2.20. The molecule has 2 rings (SSSR count). The van der Waals surface area contributed by atoms with E-state index < -0.39 is 23.2 Å². The lowest BCUT2D eigenvalue weighted by Crippen LogP contribution is -2.10. The molecule has 0 fully saturated rings. The lowest BCUT2D eigenvalue weighted by atomic mass is 10.2. The molecule has 0 aliphatic rings. The smallest absolute Gasteiger partial charge is 0.344 e. The molecule has 0 unspecified atom stereocenters. The van der Waals surface area contributed by atoms with Crippen molar-refractivity contribution in [3.05, 3.63) is 45.5 Å². The molecule has 1 aromatic heterocycles. The molecule has 0 saturated heterocycles. The third-order valence-electron chi connectivity index (χ3n) is 2.11. The number of hydrogen-bond donors (Lipinski definition) is 0. The van der Waals surface area contributed by atoms with Crippen molar-refractivity contribution in [1.29, 1.82) is 0 Å². The Kier molecular flexibility index (Phi) is 3.89. The summed E-state index contributed by atoms with van der Waals surface area (Å²) in [5.74, 6) is -2.76. The molecule has 0 atom stereocenters. The zero-order valence-electron chi connectivity index (χ0n) is 9.61. The molecule has 0 N–H and O–H groups in total. The number of ether oxygens (including phenoxy) is 1. The van der Waals surface area contributed by atoms with E-state index in [1.807, 2.05) is 0 Å². The molecule has 0 bridgehead atoms. The molecule has 0 spiro atoms. The lowest BCUT2D eigenvalue weighted by molar-refractivity contribution is 0.0418. The molecule has 1 aromatic carbocycles. The number of halogens is 3. The summed E-state index contributed by atoms with van der Waals surface area (Å²) in [6.07, 6.45) is 0. The molecule has 0 radical (unpaired) electrons. The van der Waals surface area contributed by atoms with E-state index in [4.69, 9.17) is 9.26 Å². The fourth-order valence-corrected chi connectivity index (χ4v) is 1.74. The highest BCUT2D eigenvalue weighted by Gasteiger charge is 2.20. The molecular formula is C11H7BrF2N2O3. The Bertz CT molecular complexity index is 607. The van der Waals surface area contributed by atoms with Crippen LogP contribution in [-0.4, -0.2) is 16.1 Å². The van der Waals surface area contributed by atoms with Crippen LogP contribution in [0.25, 0.3) is 0 Å². The second-order valence-corrected chi connectivity index (χ2v) is 4.47. The summed E-state index contributed by atoms with van der Waals surface area (Å²) < 4.78 is 36.5. The molecule has 0 saturated carbocycles. The Morgan fingerprint density at radius 1 is 1.42 bits per heavy atom. The van der Waals surface area contributed by atoms with Crippen LogP contribution >= 0.6 is 15.9 Å². The predicted molar refractivity (Wildman–Crippen MR) is 62.2 cm³/mol. The SMILES string of the molecule is Cc1noc(COC(=O)c2c(F)cc(Br)cc2F)n1. The van der Waals surface area contributed by atoms with E-state index in [9.17, 15) is 13.6 Å². The molecule has 1 heterocycles. The molecule has 2 aromatic rings. The van der Waals surface area contributed by atoms with Gasteiger partial charge in [-0.2, -0.15) is 4.98 Å². The van der Waals surface area contributed by atoms with E-state index in [0.717, 1.165) is 12.1 Å². The van der Waals surface area contributed by atoms with Gasteiger partial charge in [-0.15, -0.1) is 0 Å². The van der Waals surface area contributed by atoms with E-state index in [-0.39, 0.29) is 17.0 Å². The Morgan fingerprint density at radius 3 is 2.58 bits per heavy atom. The van der Waals surface area contributed by atoms with Gasteiger partial charge in [0.1, 0.15) is 17.2 Å². The first kappa shape index (κ1) is 13.6. The Morgan fingerprint density at radius 2 is 2.05 bits per heavy atom. The summed E-state index contributed by atoms with van der Waals surface area (Å²) >= 11 is 2.91. The zero-order valence-corrected chi connectivity index (χ0v) is 11.2. The summed E-state index contributed by atoms with van der Waals surface area (Å²) in [7, 11) is 0. The number of carbonyl (C=O) groups is 1. The number of nitrogens with zero attached hydrogens (tertiary/aromatic N) is 2. The van der Waals surface area contributed by atoms with Gasteiger partial charge in [-0.25, -0.2) is 13.6 Å². The van der Waals surface area contributed by atoms with Crippen LogP contribution in [-0.2, 0) is 11.3 Å². The number of aromatic nitrogens is 2. The normalized spacial score (nSPS) is 10.5. The van der Waals surface area contributed by atoms with Crippen LogP contribution in [0, 0.1) is 18.6 Å². The quantitative estimate of drug-likeness (QED) is 0.808. The van der Waals surface area contributed by atoms with Crippen LogP contribution in [0.1, 0.15) is 22.1 Å². The monoisotopic (exact) mass is 332 g/mol. The molecule has 0 aliphatic carbocycles. The Labute approximate surface area is 114 Å². The fourth-order valence-electron chi connectivity index (χ4n) is 1.34. The Hall–Kier alpha value is -1.83. The maximum absolute atomic E-state index is 13.5. The van der Waals surface area contributed by atoms with E-state index in [2.05, 4.69) is 26.1 Å². The molecule has 100 valence electrons. The first-order valence-electron chi connectivity index (χ1n) is 5.08. The van der Waals surface area contributed by atoms with E-state index in [1.54, 1.807) is 6.92 Å². The number of benzene rings is 1. The van der Waals surface area contributed by atoms with E-state index >= 15 is 0 Å². The number of hydrogen-bond acceptors (Lipinski definition) is 5. The second-order valence-electron chi connectivity index (χ2n) is 3.56. The van der Waals surface area contributed by atoms with Crippen molar-refractivity contribution < 1.29 is 22.8 Å². The zero-order chi connectivity index (χ0) is 14.0. The average molecular weight is 333 g/mol. The van der Waals surface area contributed by atoms with Gasteiger partial charge in [0.2, 0.25) is 0 Å². The van der Waals surface area contributed by atoms with Crippen molar-refractivity contribution >= 4 is 21.9 Å². The van der Waals surface area contributed by atoms with E-state index in [1.165, 1.54) is 0 Å². The standard InChI is InChI=1S/C11H7BrF2N2O3/c1-5-15-9(19-16-5)4-18-11(17)10-7(13)2-6(12)3-8(10)14/h2-3H,4H2,1H3. The van der Waals surface area contributed by atoms with Gasteiger partial charge in [-0.05, 0) is 19.1 Å². The molecule has 8 heteroatoms. The number of rotatable bonds is 3. The van der Waals surface area contributed by atoms with Crippen LogP contribution in [0.2, 0.25) is 0 Å². The van der Waals surface area contributed by atoms with Gasteiger partial charge in [0.05, 0.1) is 0 Å². The minimum Gasteiger partial charge on any atom is -0.452 e. The number of esters is 1. The van der Waals surface area contributed by atoms with Crippen LogP contribution in [0.15, 0.2) is 21.1 Å². The van der Waals surface area contributed by atoms with Crippen molar-refractivity contribution in [3.63, 3.8) is 0 Å². The van der Waals surface area contributed by atoms with Crippen LogP contribution < -0.4 is 0 Å². The minimum absolute atomic E-state index is 0.0452. The average Bonchev–Trinajstić information content (AvgIpc) is 2.71. The molecule has 0 aliphatic heterocycles. The van der Waals surface area contributed by atoms with Crippen LogP contribution in [0.4, 0.5) is 8.78 Å². The second kappa shape index (κ2) is 5.43. The van der Waals surface area contributed by atoms with Crippen molar-refractivity contribution in [2.75, 3.05) is 0 Å². The van der Waals surface area contributed by atoms with Gasteiger partial charge < -0.3 is 9.26 Å². The highest BCUT2D eigenvalue weighted by atomic mass is 79.9. The predicted octanol–water partition coefficient (Wildman–Crippen LogP) is 2.78. The van der Waals surface area contributed by atoms with Gasteiger partial charge in [0, 0.05) is 4.47 Å². The summed E-state index contributed by atoms with van der Waals surface area (Å²) in [6.45, 7) is 1.23. The van der Waals surface area contributed by atoms with Gasteiger partial charge in [-0.1, -0.05) is 21.1 Å². The van der Waals surface area contributed by atoms with Crippen molar-refractivity contribution in [2.24, 2.45) is 0 Å². The Balaban J connectivity index is 2.12. The van der Waals surface area contributed by atoms with E-state index in [0.29, 0.717) is 5.82 Å². The van der Waals surface area contributed by atoms with Crippen molar-refractivity contribution in [2.45, 2.75) is 13.5 Å². The highest BCUT2D eigenvalue weighted by molar-refractivity contribution is 9.10. The summed E-state index contributed by atoms with van der Waals surface area (Å²) in [6, 6.07) is 1.94. The maximum atomic E-state index is 13.5. The molecular weight excluding hydrogens is 326 g/mol. The largest absolute Gasteiger partial charge is 0.452 e. The van der Waals surface area contributed by atoms with Gasteiger partial charge in [-0.3, -0.25) is 0 Å². The van der Waals surface area contributed by atoms with Crippen molar-refractivity contribution in [1.82, 2.24) is 10.1 Å². The molecule has 19 heavy (non-hydrogen) atoms. The van der Waals surface area contributed by atoms with Gasteiger partial charge in [0.15, 0.2) is 12.4 Å². The third-order valence-corrected chi connectivity index (χ3v) is 2.57. The first-order chi connectivity index (χ1) is 8.97. The number of carbonyl (C=O) groups excluding carboxylic acids is 1. The topological polar surface area (TPSA) is 65.2 Å². The van der Waals surface area contributed by atoms with Crippen molar-refractivity contribution in [3.8, 4) is 0 Å². The first-order valence-corrected chi connectivity index (χ1v) is 5.87. The maximum Gasteiger partial charge on any atom is 0.344 e. The van der Waals surface area contributed by atoms with Gasteiger partial charge in [0.25, 0.3) is 5.89 Å². The minimum atomic E-state index is -1.14. The van der Waals surface area contributed by atoms with Gasteiger partial charge >= 0.3 is 5.97 Å². The fraction of sp³-hybridized carbons (Fsp3) is 0.182. The van der Waals surface area contributed by atoms with Crippen LogP contribution in [0.3, 0.4) is 0 Å². The summed E-state index contributed by atoms with van der Waals surface area (Å²) in [4.78, 5) is 15.4. The lowest BCUT2D eigenvalue weighted by Gasteiger charge is -2.05.